The average Bonchev–Trinajstić information content (AvgIpc) is 2.96. The van der Waals surface area contributed by atoms with Crippen molar-refractivity contribution in [3.05, 3.63) is 57.7 Å². The summed E-state index contributed by atoms with van der Waals surface area (Å²) in [5.74, 6) is 0.504. The van der Waals surface area contributed by atoms with Gasteiger partial charge in [-0.05, 0) is 50.1 Å². The second kappa shape index (κ2) is 7.74. The summed E-state index contributed by atoms with van der Waals surface area (Å²) in [6.45, 7) is 6.35. The van der Waals surface area contributed by atoms with Gasteiger partial charge in [0.2, 0.25) is 0 Å². The molecule has 6 heteroatoms. The maximum absolute atomic E-state index is 12.5. The van der Waals surface area contributed by atoms with Crippen LogP contribution in [-0.4, -0.2) is 16.6 Å². The van der Waals surface area contributed by atoms with Gasteiger partial charge in [0.05, 0.1) is 10.2 Å². The summed E-state index contributed by atoms with van der Waals surface area (Å²) in [5.41, 5.74) is 2.62. The summed E-state index contributed by atoms with van der Waals surface area (Å²) in [6.07, 6.45) is 0.214. The van der Waals surface area contributed by atoms with Gasteiger partial charge in [-0.3, -0.25) is 14.2 Å². The van der Waals surface area contributed by atoms with Gasteiger partial charge in [0.25, 0.3) is 5.91 Å². The Hall–Kier alpha value is -2.60. The summed E-state index contributed by atoms with van der Waals surface area (Å²) in [7, 11) is 0. The fourth-order valence-corrected chi connectivity index (χ4v) is 3.84. The van der Waals surface area contributed by atoms with E-state index < -0.39 is 6.10 Å². The van der Waals surface area contributed by atoms with Gasteiger partial charge < -0.3 is 10.1 Å². The molecule has 1 aromatic heterocycles. The third kappa shape index (κ3) is 3.65. The van der Waals surface area contributed by atoms with Crippen LogP contribution in [-0.2, 0) is 17.8 Å². The van der Waals surface area contributed by atoms with Gasteiger partial charge in [-0.2, -0.15) is 0 Å². The fourth-order valence-electron chi connectivity index (χ4n) is 2.84. The molecule has 0 aliphatic carbocycles. The Labute approximate surface area is 156 Å². The molecule has 1 unspecified atom stereocenters. The number of hydrogen-bond donors (Lipinski definition) is 1. The zero-order valence-electron chi connectivity index (χ0n) is 15.1. The highest BCUT2D eigenvalue weighted by Crippen LogP contribution is 2.23. The SMILES string of the molecule is CCc1ccccc1OC(C)C(=O)Nc1ccc2c(c1)sc(=O)n2CC. The number of aromatic nitrogens is 1. The van der Waals surface area contributed by atoms with Crippen LogP contribution in [0.2, 0.25) is 0 Å². The molecule has 2 aromatic carbocycles. The monoisotopic (exact) mass is 370 g/mol. The average molecular weight is 370 g/mol. The normalized spacial score (nSPS) is 12.1. The number of nitrogens with one attached hydrogen (secondary N) is 1. The number of aryl methyl sites for hydroxylation is 2. The van der Waals surface area contributed by atoms with E-state index >= 15 is 0 Å². The summed E-state index contributed by atoms with van der Waals surface area (Å²) in [4.78, 5) is 24.4. The quantitative estimate of drug-likeness (QED) is 0.712. The van der Waals surface area contributed by atoms with Crippen LogP contribution in [0, 0.1) is 0 Å². The van der Waals surface area contributed by atoms with Gasteiger partial charge in [0.1, 0.15) is 5.75 Å². The van der Waals surface area contributed by atoms with E-state index in [0.717, 1.165) is 28.0 Å². The number of fused-ring (bicyclic) bond motifs is 1. The topological polar surface area (TPSA) is 60.3 Å². The van der Waals surface area contributed by atoms with E-state index in [9.17, 15) is 9.59 Å². The van der Waals surface area contributed by atoms with Crippen LogP contribution >= 0.6 is 11.3 Å². The Kier molecular flexibility index (Phi) is 5.42. The molecule has 0 aliphatic heterocycles. The van der Waals surface area contributed by atoms with E-state index in [1.165, 1.54) is 11.3 Å². The zero-order chi connectivity index (χ0) is 18.7. The first-order valence-electron chi connectivity index (χ1n) is 8.72. The highest BCUT2D eigenvalue weighted by molar-refractivity contribution is 7.16. The van der Waals surface area contributed by atoms with E-state index in [1.54, 1.807) is 11.5 Å². The lowest BCUT2D eigenvalue weighted by atomic mass is 10.1. The molecule has 3 aromatic rings. The molecular formula is C20H22N2O3S. The molecule has 1 heterocycles. The molecule has 0 spiro atoms. The van der Waals surface area contributed by atoms with Crippen LogP contribution in [0.1, 0.15) is 26.3 Å². The van der Waals surface area contributed by atoms with Gasteiger partial charge in [-0.15, -0.1) is 0 Å². The molecule has 136 valence electrons. The molecule has 26 heavy (non-hydrogen) atoms. The number of benzene rings is 2. The molecule has 1 amide bonds. The molecule has 3 rings (SSSR count). The third-order valence-electron chi connectivity index (χ3n) is 4.28. The molecule has 0 fully saturated rings. The second-order valence-electron chi connectivity index (χ2n) is 6.01. The van der Waals surface area contributed by atoms with Gasteiger partial charge in [0.15, 0.2) is 6.10 Å². The first-order valence-corrected chi connectivity index (χ1v) is 9.54. The summed E-state index contributed by atoms with van der Waals surface area (Å²) >= 11 is 1.19. The number of anilines is 1. The number of hydrogen-bond acceptors (Lipinski definition) is 4. The van der Waals surface area contributed by atoms with Gasteiger partial charge in [0, 0.05) is 12.2 Å². The Bertz CT molecular complexity index is 990. The van der Waals surface area contributed by atoms with Crippen molar-refractivity contribution >= 4 is 33.1 Å². The molecule has 0 aliphatic rings. The number of carbonyl (C=O) groups is 1. The number of rotatable bonds is 6. The minimum atomic E-state index is -0.627. The summed E-state index contributed by atoms with van der Waals surface area (Å²) in [5, 5.41) is 2.87. The minimum Gasteiger partial charge on any atom is -0.481 e. The van der Waals surface area contributed by atoms with Gasteiger partial charge >= 0.3 is 4.87 Å². The highest BCUT2D eigenvalue weighted by atomic mass is 32.1. The van der Waals surface area contributed by atoms with Crippen molar-refractivity contribution in [3.8, 4) is 5.75 Å². The third-order valence-corrected chi connectivity index (χ3v) is 5.22. The van der Waals surface area contributed by atoms with E-state index in [4.69, 9.17) is 4.74 Å². The summed E-state index contributed by atoms with van der Waals surface area (Å²) in [6, 6.07) is 13.2. The van der Waals surface area contributed by atoms with Crippen molar-refractivity contribution in [2.45, 2.75) is 39.8 Å². The van der Waals surface area contributed by atoms with Crippen molar-refractivity contribution < 1.29 is 9.53 Å². The van der Waals surface area contributed by atoms with E-state index in [2.05, 4.69) is 12.2 Å². The van der Waals surface area contributed by atoms with Crippen molar-refractivity contribution in [2.24, 2.45) is 0 Å². The molecule has 0 saturated carbocycles. The van der Waals surface area contributed by atoms with Crippen LogP contribution in [0.5, 0.6) is 5.75 Å². The predicted octanol–water partition coefficient (Wildman–Crippen LogP) is 4.05. The first kappa shape index (κ1) is 18.2. The predicted molar refractivity (Wildman–Crippen MR) is 106 cm³/mol. The number of amides is 1. The van der Waals surface area contributed by atoms with E-state index in [-0.39, 0.29) is 10.8 Å². The Morgan fingerprint density at radius 2 is 2.00 bits per heavy atom. The lowest BCUT2D eigenvalue weighted by Gasteiger charge is -2.17. The van der Waals surface area contributed by atoms with Crippen molar-refractivity contribution in [3.63, 3.8) is 0 Å². The van der Waals surface area contributed by atoms with Crippen LogP contribution in [0.15, 0.2) is 47.3 Å². The Morgan fingerprint density at radius 1 is 1.23 bits per heavy atom. The number of thiazole rings is 1. The maximum atomic E-state index is 12.5. The minimum absolute atomic E-state index is 0.0128. The van der Waals surface area contributed by atoms with Crippen molar-refractivity contribution in [1.82, 2.24) is 4.57 Å². The lowest BCUT2D eigenvalue weighted by molar-refractivity contribution is -0.122. The van der Waals surface area contributed by atoms with Crippen LogP contribution < -0.4 is 14.9 Å². The Morgan fingerprint density at radius 3 is 2.73 bits per heavy atom. The van der Waals surface area contributed by atoms with E-state index in [0.29, 0.717) is 12.2 Å². The maximum Gasteiger partial charge on any atom is 0.308 e. The molecule has 0 saturated heterocycles. The van der Waals surface area contributed by atoms with E-state index in [1.807, 2.05) is 49.4 Å². The first-order chi connectivity index (χ1) is 12.5. The van der Waals surface area contributed by atoms with Gasteiger partial charge in [-0.1, -0.05) is 36.5 Å². The van der Waals surface area contributed by atoms with Crippen LogP contribution in [0.25, 0.3) is 10.2 Å². The lowest BCUT2D eigenvalue weighted by Crippen LogP contribution is -2.30. The number of ether oxygens (including phenoxy) is 1. The Balaban J connectivity index is 1.74. The van der Waals surface area contributed by atoms with Crippen molar-refractivity contribution in [1.29, 1.82) is 0 Å². The highest BCUT2D eigenvalue weighted by Gasteiger charge is 2.17. The molecular weight excluding hydrogens is 348 g/mol. The molecule has 1 N–H and O–H groups in total. The van der Waals surface area contributed by atoms with Crippen LogP contribution in [0.3, 0.4) is 0 Å². The standard InChI is InChI=1S/C20H22N2O3S/c1-4-14-8-6-7-9-17(14)25-13(3)19(23)21-15-10-11-16-18(12-15)26-20(24)22(16)5-2/h6-13H,4-5H2,1-3H3,(H,21,23). The molecule has 0 radical (unpaired) electrons. The summed E-state index contributed by atoms with van der Waals surface area (Å²) < 4.78 is 8.42. The molecule has 1 atom stereocenters. The molecule has 0 bridgehead atoms. The largest absolute Gasteiger partial charge is 0.481 e. The van der Waals surface area contributed by atoms with Crippen molar-refractivity contribution in [2.75, 3.05) is 5.32 Å². The fraction of sp³-hybridized carbons (Fsp3) is 0.300. The number of para-hydroxylation sites is 1. The number of carbonyl (C=O) groups excluding carboxylic acids is 1. The second-order valence-corrected chi connectivity index (χ2v) is 7.00. The molecule has 5 nitrogen and oxygen atoms in total. The smallest absolute Gasteiger partial charge is 0.308 e. The number of nitrogens with zero attached hydrogens (tertiary/aromatic N) is 1. The van der Waals surface area contributed by atoms with Crippen LogP contribution in [0.4, 0.5) is 5.69 Å². The van der Waals surface area contributed by atoms with Gasteiger partial charge in [-0.25, -0.2) is 0 Å². The zero-order valence-corrected chi connectivity index (χ0v) is 15.9.